The maximum absolute atomic E-state index is 12.0. The number of rotatable bonds is 6. The van der Waals surface area contributed by atoms with E-state index in [-0.39, 0.29) is 23.7 Å². The molecule has 2 aromatic rings. The van der Waals surface area contributed by atoms with Crippen LogP contribution in [-0.2, 0) is 15.6 Å². The third-order valence-electron chi connectivity index (χ3n) is 7.89. The maximum atomic E-state index is 12.0. The summed E-state index contributed by atoms with van der Waals surface area (Å²) in [6, 6.07) is 15.2. The second kappa shape index (κ2) is 8.83. The van der Waals surface area contributed by atoms with Crippen molar-refractivity contribution in [1.29, 1.82) is 0 Å². The largest absolute Gasteiger partial charge is 0.481 e. The molecule has 0 fully saturated rings. The molecule has 0 radical (unpaired) electrons. The van der Waals surface area contributed by atoms with Crippen LogP contribution in [0, 0.1) is 5.41 Å². The molecule has 0 heterocycles. The monoisotopic (exact) mass is 460 g/mol. The highest BCUT2D eigenvalue weighted by Gasteiger charge is 2.39. The van der Waals surface area contributed by atoms with Gasteiger partial charge in [-0.15, -0.1) is 0 Å². The molecular weight excluding hydrogens is 424 g/mol. The predicted octanol–water partition coefficient (Wildman–Crippen LogP) is 5.86. The summed E-state index contributed by atoms with van der Waals surface area (Å²) >= 11 is 0. The number of carboxylic acids is 1. The van der Waals surface area contributed by atoms with E-state index in [1.54, 1.807) is 6.08 Å². The van der Waals surface area contributed by atoms with Crippen LogP contribution in [0.2, 0.25) is 0 Å². The quantitative estimate of drug-likeness (QED) is 0.505. The van der Waals surface area contributed by atoms with E-state index in [4.69, 9.17) is 0 Å². The number of aliphatic hydroxyl groups is 2. The molecule has 3 N–H and O–H groups in total. The first-order chi connectivity index (χ1) is 16.0. The Balaban J connectivity index is 1.65. The molecule has 0 bridgehead atoms. The van der Waals surface area contributed by atoms with Gasteiger partial charge in [-0.25, -0.2) is 0 Å². The second-order valence-electron chi connectivity index (χ2n) is 11.3. The molecule has 0 aliphatic heterocycles. The normalized spacial score (nSPS) is 23.6. The summed E-state index contributed by atoms with van der Waals surface area (Å²) in [6.07, 6.45) is 6.99. The van der Waals surface area contributed by atoms with Gasteiger partial charge in [-0.1, -0.05) is 82.3 Å². The van der Waals surface area contributed by atoms with E-state index in [9.17, 15) is 20.1 Å². The van der Waals surface area contributed by atoms with E-state index >= 15 is 0 Å². The lowest BCUT2D eigenvalue weighted by Crippen LogP contribution is -2.35. The Morgan fingerprint density at radius 1 is 0.941 bits per heavy atom. The van der Waals surface area contributed by atoms with Crippen molar-refractivity contribution in [2.24, 2.45) is 5.41 Å². The average molecular weight is 461 g/mol. The van der Waals surface area contributed by atoms with Gasteiger partial charge in [0.05, 0.1) is 18.1 Å². The van der Waals surface area contributed by atoms with Crippen molar-refractivity contribution in [2.45, 2.75) is 70.3 Å². The fourth-order valence-corrected chi connectivity index (χ4v) is 5.42. The molecule has 2 aliphatic carbocycles. The number of aliphatic hydroxyl groups excluding tert-OH is 2. The lowest BCUT2D eigenvalue weighted by Gasteiger charge is -2.42. The highest BCUT2D eigenvalue weighted by Crippen LogP contribution is 2.47. The number of benzene rings is 2. The van der Waals surface area contributed by atoms with Crippen LogP contribution < -0.4 is 0 Å². The van der Waals surface area contributed by atoms with E-state index in [2.05, 4.69) is 58.0 Å². The minimum atomic E-state index is -1.19. The summed E-state index contributed by atoms with van der Waals surface area (Å²) in [4.78, 5) is 12.0. The fraction of sp³-hybridized carbons (Fsp3) is 0.433. The van der Waals surface area contributed by atoms with Crippen molar-refractivity contribution in [3.05, 3.63) is 77.4 Å². The Hall–Kier alpha value is -2.69. The lowest BCUT2D eigenvalue weighted by atomic mass is 9.63. The molecule has 2 unspecified atom stereocenters. The highest BCUT2D eigenvalue weighted by atomic mass is 16.4. The van der Waals surface area contributed by atoms with E-state index in [1.165, 1.54) is 29.5 Å². The van der Waals surface area contributed by atoms with Crippen molar-refractivity contribution >= 4 is 11.5 Å². The molecule has 2 aromatic carbocycles. The van der Waals surface area contributed by atoms with Gasteiger partial charge in [0, 0.05) is 0 Å². The molecule has 4 heteroatoms. The second-order valence-corrected chi connectivity index (χ2v) is 11.3. The average Bonchev–Trinajstić information content (AvgIpc) is 2.82. The van der Waals surface area contributed by atoms with Crippen molar-refractivity contribution in [1.82, 2.24) is 0 Å². The number of fused-ring (bicyclic) bond motifs is 1. The molecule has 4 nitrogen and oxygen atoms in total. The summed E-state index contributed by atoms with van der Waals surface area (Å²) in [6.45, 7) is 8.89. The predicted molar refractivity (Wildman–Crippen MR) is 137 cm³/mol. The number of allylic oxidation sites excluding steroid dienone is 3. The van der Waals surface area contributed by atoms with Gasteiger partial charge in [0.1, 0.15) is 0 Å². The molecule has 0 aromatic heterocycles. The van der Waals surface area contributed by atoms with E-state index < -0.39 is 24.1 Å². The summed E-state index contributed by atoms with van der Waals surface area (Å²) in [5.74, 6) is -0.986. The Bertz CT molecular complexity index is 1150. The number of aliphatic carboxylic acids is 1. The van der Waals surface area contributed by atoms with Gasteiger partial charge in [0.2, 0.25) is 0 Å². The van der Waals surface area contributed by atoms with E-state index in [1.807, 2.05) is 24.3 Å². The summed E-state index contributed by atoms with van der Waals surface area (Å²) in [5.41, 5.74) is 6.34. The topological polar surface area (TPSA) is 77.8 Å². The molecule has 2 aliphatic rings. The van der Waals surface area contributed by atoms with Crippen LogP contribution in [0.1, 0.15) is 70.1 Å². The zero-order chi connectivity index (χ0) is 24.7. The van der Waals surface area contributed by atoms with Crippen LogP contribution in [0.25, 0.3) is 16.7 Å². The third kappa shape index (κ3) is 4.49. The van der Waals surface area contributed by atoms with Gasteiger partial charge >= 0.3 is 5.97 Å². The van der Waals surface area contributed by atoms with Crippen molar-refractivity contribution in [2.75, 3.05) is 6.61 Å². The minimum Gasteiger partial charge on any atom is -0.481 e. The van der Waals surface area contributed by atoms with E-state index in [0.717, 1.165) is 16.7 Å². The standard InChI is InChI=1S/C30H36O4/c1-28(2)14-15-29(3,4)26-17-23(8-9-25(26)28)22-7-5-6-21(16-22)20-10-12-30(13-11-20,27(33)34)18-24(32)19-31/h5-12,16-17,24,31-32H,13-15,18-19H2,1-4H3,(H,33,34). The van der Waals surface area contributed by atoms with Crippen LogP contribution in [-0.4, -0.2) is 34.0 Å². The fourth-order valence-electron chi connectivity index (χ4n) is 5.42. The zero-order valence-corrected chi connectivity index (χ0v) is 20.6. The van der Waals surface area contributed by atoms with Gasteiger partial charge in [-0.3, -0.25) is 4.79 Å². The van der Waals surface area contributed by atoms with Crippen LogP contribution in [0.3, 0.4) is 0 Å². The van der Waals surface area contributed by atoms with Gasteiger partial charge in [-0.05, 0) is 76.0 Å². The SMILES string of the molecule is CC1(C)CCC(C)(C)c2cc(-c3cccc(C4=CCC(CC(O)CO)(C(=O)O)C=C4)c3)ccc21. The number of hydrogen-bond acceptors (Lipinski definition) is 3. The minimum absolute atomic E-state index is 0.0135. The molecular formula is C30H36O4. The van der Waals surface area contributed by atoms with E-state index in [0.29, 0.717) is 0 Å². The van der Waals surface area contributed by atoms with Crippen LogP contribution >= 0.6 is 0 Å². The number of carboxylic acid groups (broad SMARTS) is 1. The van der Waals surface area contributed by atoms with Gasteiger partial charge in [0.15, 0.2) is 0 Å². The van der Waals surface area contributed by atoms with Gasteiger partial charge in [0.25, 0.3) is 0 Å². The van der Waals surface area contributed by atoms with Gasteiger partial charge in [-0.2, -0.15) is 0 Å². The number of hydrogen-bond donors (Lipinski definition) is 3. The Morgan fingerprint density at radius 3 is 2.21 bits per heavy atom. The Morgan fingerprint density at radius 2 is 1.59 bits per heavy atom. The van der Waals surface area contributed by atoms with Crippen molar-refractivity contribution < 1.29 is 20.1 Å². The lowest BCUT2D eigenvalue weighted by molar-refractivity contribution is -0.147. The Labute approximate surface area is 202 Å². The summed E-state index contributed by atoms with van der Waals surface area (Å²) in [5, 5.41) is 28.8. The molecule has 0 saturated heterocycles. The third-order valence-corrected chi connectivity index (χ3v) is 7.89. The highest BCUT2D eigenvalue weighted by molar-refractivity contribution is 5.84. The van der Waals surface area contributed by atoms with Crippen LogP contribution in [0.4, 0.5) is 0 Å². The molecule has 4 rings (SSSR count). The first-order valence-corrected chi connectivity index (χ1v) is 12.1. The van der Waals surface area contributed by atoms with Crippen LogP contribution in [0.15, 0.2) is 60.7 Å². The Kier molecular flexibility index (Phi) is 6.34. The zero-order valence-electron chi connectivity index (χ0n) is 20.6. The van der Waals surface area contributed by atoms with Crippen molar-refractivity contribution in [3.8, 4) is 11.1 Å². The molecule has 2 atom stereocenters. The molecule has 0 saturated carbocycles. The maximum Gasteiger partial charge on any atom is 0.313 e. The molecule has 0 spiro atoms. The summed E-state index contributed by atoms with van der Waals surface area (Å²) < 4.78 is 0. The van der Waals surface area contributed by atoms with Gasteiger partial charge < -0.3 is 15.3 Å². The smallest absolute Gasteiger partial charge is 0.313 e. The molecule has 34 heavy (non-hydrogen) atoms. The number of carbonyl (C=O) groups is 1. The first kappa shape index (κ1) is 24.4. The summed E-state index contributed by atoms with van der Waals surface area (Å²) in [7, 11) is 0. The van der Waals surface area contributed by atoms with Crippen LogP contribution in [0.5, 0.6) is 0 Å². The first-order valence-electron chi connectivity index (χ1n) is 12.1. The molecule has 0 amide bonds. The van der Waals surface area contributed by atoms with Crippen molar-refractivity contribution in [3.63, 3.8) is 0 Å². The molecule has 180 valence electrons.